The van der Waals surface area contributed by atoms with E-state index in [0.717, 1.165) is 48.6 Å². The first-order valence-corrected chi connectivity index (χ1v) is 11.1. The molecule has 0 amide bonds. The second-order valence-corrected chi connectivity index (χ2v) is 8.33. The van der Waals surface area contributed by atoms with Crippen molar-refractivity contribution in [1.29, 1.82) is 0 Å². The number of hydrogen-bond donors (Lipinski definition) is 1. The van der Waals surface area contributed by atoms with E-state index >= 15 is 0 Å². The SMILES string of the molecule is O=c1c(/C=N/Nc2nc3c(c(N4CCOCC4)n2)CSCC3)coc2ccc(F)cc12. The number of aryl methyl sites for hydroxylation is 1. The maximum Gasteiger partial charge on any atom is 0.245 e. The zero-order valence-electron chi connectivity index (χ0n) is 16.6. The molecule has 1 N–H and O–H groups in total. The van der Waals surface area contributed by atoms with Gasteiger partial charge in [-0.3, -0.25) is 4.79 Å². The average molecular weight is 441 g/mol. The van der Waals surface area contributed by atoms with Gasteiger partial charge in [-0.05, 0) is 30.4 Å². The molecule has 10 heteroatoms. The number of hydrogen-bond acceptors (Lipinski definition) is 9. The van der Waals surface area contributed by atoms with Crippen molar-refractivity contribution < 1.29 is 13.5 Å². The van der Waals surface area contributed by atoms with Gasteiger partial charge in [0.2, 0.25) is 11.4 Å². The van der Waals surface area contributed by atoms with Gasteiger partial charge in [0.15, 0.2) is 0 Å². The van der Waals surface area contributed by atoms with Crippen LogP contribution < -0.4 is 15.8 Å². The van der Waals surface area contributed by atoms with E-state index < -0.39 is 5.82 Å². The maximum atomic E-state index is 13.5. The summed E-state index contributed by atoms with van der Waals surface area (Å²) < 4.78 is 24.4. The van der Waals surface area contributed by atoms with Crippen LogP contribution in [0.3, 0.4) is 0 Å². The van der Waals surface area contributed by atoms with Crippen LogP contribution in [0.1, 0.15) is 16.8 Å². The molecule has 3 aromatic rings. The molecule has 1 fully saturated rings. The number of benzene rings is 1. The zero-order valence-corrected chi connectivity index (χ0v) is 17.5. The Balaban J connectivity index is 1.42. The van der Waals surface area contributed by atoms with Gasteiger partial charge in [-0.1, -0.05) is 0 Å². The number of hydrazone groups is 1. The Morgan fingerprint density at radius 3 is 3.00 bits per heavy atom. The molecule has 0 bridgehead atoms. The van der Waals surface area contributed by atoms with Crippen molar-refractivity contribution in [2.24, 2.45) is 5.10 Å². The third kappa shape index (κ3) is 4.13. The zero-order chi connectivity index (χ0) is 21.2. The highest BCUT2D eigenvalue weighted by Gasteiger charge is 2.23. The summed E-state index contributed by atoms with van der Waals surface area (Å²) in [6.07, 6.45) is 3.51. The predicted octanol–water partition coefficient (Wildman–Crippen LogP) is 2.79. The largest absolute Gasteiger partial charge is 0.463 e. The Bertz CT molecular complexity index is 1210. The van der Waals surface area contributed by atoms with E-state index in [2.05, 4.69) is 20.4 Å². The molecule has 2 aliphatic heterocycles. The normalized spacial score (nSPS) is 16.6. The predicted molar refractivity (Wildman–Crippen MR) is 119 cm³/mol. The highest BCUT2D eigenvalue weighted by Crippen LogP contribution is 2.31. The summed E-state index contributed by atoms with van der Waals surface area (Å²) >= 11 is 1.88. The molecule has 0 atom stereocenters. The molecule has 0 aliphatic carbocycles. The third-order valence-corrected chi connectivity index (χ3v) is 6.23. The van der Waals surface area contributed by atoms with Crippen LogP contribution in [0.5, 0.6) is 0 Å². The van der Waals surface area contributed by atoms with E-state index in [4.69, 9.17) is 14.1 Å². The van der Waals surface area contributed by atoms with Gasteiger partial charge in [-0.15, -0.1) is 0 Å². The second-order valence-electron chi connectivity index (χ2n) is 7.23. The van der Waals surface area contributed by atoms with Gasteiger partial charge in [0.1, 0.15) is 23.5 Å². The molecule has 8 nitrogen and oxygen atoms in total. The van der Waals surface area contributed by atoms with Crippen LogP contribution in [0.4, 0.5) is 16.2 Å². The van der Waals surface area contributed by atoms with E-state index in [1.165, 1.54) is 30.2 Å². The number of morpholine rings is 1. The molecule has 5 rings (SSSR count). The number of ether oxygens (including phenoxy) is 1. The number of rotatable bonds is 4. The first-order chi connectivity index (χ1) is 15.2. The topological polar surface area (TPSA) is 92.9 Å². The first kappa shape index (κ1) is 20.0. The molecule has 0 unspecified atom stereocenters. The van der Waals surface area contributed by atoms with Crippen LogP contribution in [-0.2, 0) is 16.9 Å². The number of fused-ring (bicyclic) bond motifs is 2. The van der Waals surface area contributed by atoms with Gasteiger partial charge >= 0.3 is 0 Å². The van der Waals surface area contributed by atoms with Crippen molar-refractivity contribution >= 4 is 40.7 Å². The van der Waals surface area contributed by atoms with Gasteiger partial charge in [0, 0.05) is 24.4 Å². The Morgan fingerprint density at radius 2 is 2.13 bits per heavy atom. The first-order valence-electron chi connectivity index (χ1n) is 9.99. The summed E-state index contributed by atoms with van der Waals surface area (Å²) in [7, 11) is 0. The minimum atomic E-state index is -0.497. The van der Waals surface area contributed by atoms with Gasteiger partial charge < -0.3 is 14.1 Å². The van der Waals surface area contributed by atoms with Crippen LogP contribution in [-0.4, -0.2) is 48.2 Å². The molecular formula is C21H20FN5O3S. The Kier molecular flexibility index (Phi) is 5.56. The smallest absolute Gasteiger partial charge is 0.245 e. The standard InChI is InChI=1S/C21H20FN5O3S/c22-14-1-2-18-15(9-14)19(28)13(11-30-18)10-23-26-21-24-17-3-8-31-12-16(17)20(25-21)27-4-6-29-7-5-27/h1-2,9-11H,3-8,12H2,(H,24,25,26)/b23-10+. The lowest BCUT2D eigenvalue weighted by atomic mass is 10.1. The molecule has 160 valence electrons. The van der Waals surface area contributed by atoms with Crippen LogP contribution in [0.25, 0.3) is 11.0 Å². The van der Waals surface area contributed by atoms with Crippen LogP contribution in [0.15, 0.2) is 38.8 Å². The van der Waals surface area contributed by atoms with E-state index in [9.17, 15) is 9.18 Å². The molecule has 31 heavy (non-hydrogen) atoms. The number of nitrogens with one attached hydrogen (secondary N) is 1. The highest BCUT2D eigenvalue weighted by atomic mass is 32.2. The molecular weight excluding hydrogens is 421 g/mol. The van der Waals surface area contributed by atoms with E-state index in [-0.39, 0.29) is 16.4 Å². The second kappa shape index (κ2) is 8.64. The Morgan fingerprint density at radius 1 is 1.26 bits per heavy atom. The number of aromatic nitrogens is 2. The third-order valence-electron chi connectivity index (χ3n) is 5.24. The maximum absolute atomic E-state index is 13.5. The van der Waals surface area contributed by atoms with Crippen molar-refractivity contribution in [3.8, 4) is 0 Å². The van der Waals surface area contributed by atoms with Gasteiger partial charge in [-0.25, -0.2) is 14.8 Å². The summed E-state index contributed by atoms with van der Waals surface area (Å²) in [5, 5.41) is 4.30. The Labute approximate surface area is 181 Å². The number of thioether (sulfide) groups is 1. The summed E-state index contributed by atoms with van der Waals surface area (Å²) in [5.74, 6) is 2.70. The minimum absolute atomic E-state index is 0.168. The van der Waals surface area contributed by atoms with Gasteiger partial charge in [0.05, 0.1) is 36.1 Å². The Hall–Kier alpha value is -2.98. The summed E-state index contributed by atoms with van der Waals surface area (Å²) in [6.45, 7) is 2.91. The van der Waals surface area contributed by atoms with Crippen molar-refractivity contribution in [3.05, 3.63) is 57.3 Å². The molecule has 4 heterocycles. The lowest BCUT2D eigenvalue weighted by Gasteiger charge is -2.31. The molecule has 1 saturated heterocycles. The molecule has 2 aromatic heterocycles. The molecule has 0 spiro atoms. The average Bonchev–Trinajstić information content (AvgIpc) is 2.81. The van der Waals surface area contributed by atoms with Crippen LogP contribution in [0, 0.1) is 5.82 Å². The molecule has 1 aromatic carbocycles. The van der Waals surface area contributed by atoms with Crippen molar-refractivity contribution in [1.82, 2.24) is 9.97 Å². The summed E-state index contributed by atoms with van der Waals surface area (Å²) in [5.41, 5.74) is 5.20. The van der Waals surface area contributed by atoms with Crippen molar-refractivity contribution in [2.45, 2.75) is 12.2 Å². The molecule has 2 aliphatic rings. The van der Waals surface area contributed by atoms with E-state index in [0.29, 0.717) is 24.7 Å². The van der Waals surface area contributed by atoms with Gasteiger partial charge in [-0.2, -0.15) is 21.8 Å². The number of halogens is 1. The highest BCUT2D eigenvalue weighted by molar-refractivity contribution is 7.98. The summed E-state index contributed by atoms with van der Waals surface area (Å²) in [6, 6.07) is 3.83. The lowest BCUT2D eigenvalue weighted by Crippen LogP contribution is -2.38. The fraction of sp³-hybridized carbons (Fsp3) is 0.333. The van der Waals surface area contributed by atoms with Crippen molar-refractivity contribution in [2.75, 3.05) is 42.4 Å². The fourth-order valence-corrected chi connectivity index (χ4v) is 4.65. The fourth-order valence-electron chi connectivity index (χ4n) is 3.67. The van der Waals surface area contributed by atoms with E-state index in [1.807, 2.05) is 11.8 Å². The number of nitrogens with zero attached hydrogens (tertiary/aromatic N) is 4. The van der Waals surface area contributed by atoms with Crippen LogP contribution in [0.2, 0.25) is 0 Å². The van der Waals surface area contributed by atoms with Crippen LogP contribution >= 0.6 is 11.8 Å². The minimum Gasteiger partial charge on any atom is -0.463 e. The molecule has 0 saturated carbocycles. The van der Waals surface area contributed by atoms with E-state index in [1.54, 1.807) is 0 Å². The van der Waals surface area contributed by atoms with Crippen molar-refractivity contribution in [3.63, 3.8) is 0 Å². The molecule has 0 radical (unpaired) electrons. The van der Waals surface area contributed by atoms with Gasteiger partial charge in [0.25, 0.3) is 0 Å². The summed E-state index contributed by atoms with van der Waals surface area (Å²) in [4.78, 5) is 24.1. The monoisotopic (exact) mass is 441 g/mol. The number of anilines is 2. The quantitative estimate of drug-likeness (QED) is 0.488. The lowest BCUT2D eigenvalue weighted by molar-refractivity contribution is 0.122.